The molecule has 2 N–H and O–H groups in total. The maximum atomic E-state index is 13.3. The van der Waals surface area contributed by atoms with Gasteiger partial charge in [0.25, 0.3) is 5.56 Å². The summed E-state index contributed by atoms with van der Waals surface area (Å²) in [5, 5.41) is 7.91. The van der Waals surface area contributed by atoms with Crippen LogP contribution in [0.15, 0.2) is 57.4 Å². The van der Waals surface area contributed by atoms with Crippen LogP contribution in [0.5, 0.6) is 11.5 Å². The van der Waals surface area contributed by atoms with Crippen LogP contribution in [0.2, 0.25) is 5.02 Å². The van der Waals surface area contributed by atoms with Gasteiger partial charge in [0.2, 0.25) is 18.6 Å². The zero-order chi connectivity index (χ0) is 28.9. The summed E-state index contributed by atoms with van der Waals surface area (Å²) in [5.41, 5.74) is 1.83. The number of unbranched alkanes of at least 4 members (excludes halogenated alkanes) is 2. The minimum atomic E-state index is -0.541. The van der Waals surface area contributed by atoms with Crippen LogP contribution < -0.4 is 31.4 Å². The number of fused-ring (bicyclic) bond motifs is 2. The van der Waals surface area contributed by atoms with Crippen molar-refractivity contribution in [2.45, 2.75) is 52.2 Å². The Morgan fingerprint density at radius 1 is 0.976 bits per heavy atom. The fraction of sp³-hybridized carbons (Fsp3) is 0.310. The molecule has 1 aliphatic rings. The highest BCUT2D eigenvalue weighted by Crippen LogP contribution is 2.32. The summed E-state index contributed by atoms with van der Waals surface area (Å²) in [6.45, 7) is 2.38. The largest absolute Gasteiger partial charge is 0.454 e. The molecule has 3 heterocycles. The molecule has 214 valence electrons. The van der Waals surface area contributed by atoms with Crippen LogP contribution in [0.4, 0.5) is 5.69 Å². The molecule has 2 amide bonds. The number of aryl methyl sites for hydroxylation is 1. The summed E-state index contributed by atoms with van der Waals surface area (Å²) in [6, 6.07) is 12.4. The molecule has 0 atom stereocenters. The Labute approximate surface area is 244 Å². The summed E-state index contributed by atoms with van der Waals surface area (Å²) in [4.78, 5) is 51.5. The molecular formula is C29H29ClN4O6S. The van der Waals surface area contributed by atoms with Crippen LogP contribution in [0, 0.1) is 6.92 Å². The van der Waals surface area contributed by atoms with Crippen molar-refractivity contribution in [1.82, 2.24) is 14.5 Å². The van der Waals surface area contributed by atoms with Gasteiger partial charge in [0.15, 0.2) is 11.5 Å². The molecule has 41 heavy (non-hydrogen) atoms. The van der Waals surface area contributed by atoms with E-state index < -0.39 is 11.6 Å². The standard InChI is InChI=1S/C29H29ClN4O6S/c1-18-6-8-20(30)14-21(18)32-26(36)16-34-22-10-12-41-27(22)28(37)33(29(34)38)11-4-2-3-5-25(35)31-15-19-7-9-23-24(13-19)40-17-39-23/h6-10,12-14H,2-5,11,15-17H2,1H3,(H,31,35)(H,32,36). The summed E-state index contributed by atoms with van der Waals surface area (Å²) < 4.78 is 13.6. The number of hydrogen-bond acceptors (Lipinski definition) is 7. The second-order valence-electron chi connectivity index (χ2n) is 9.74. The second-order valence-corrected chi connectivity index (χ2v) is 11.1. The lowest BCUT2D eigenvalue weighted by atomic mass is 10.1. The Morgan fingerprint density at radius 3 is 2.66 bits per heavy atom. The number of nitrogens with one attached hydrogen (secondary N) is 2. The predicted octanol–water partition coefficient (Wildman–Crippen LogP) is 4.43. The molecule has 12 heteroatoms. The molecule has 2 aromatic heterocycles. The molecule has 0 unspecified atom stereocenters. The topological polar surface area (TPSA) is 121 Å². The van der Waals surface area contributed by atoms with Crippen molar-refractivity contribution >= 4 is 50.7 Å². The van der Waals surface area contributed by atoms with Crippen LogP contribution in [-0.4, -0.2) is 27.7 Å². The average Bonchev–Trinajstić information content (AvgIpc) is 3.63. The van der Waals surface area contributed by atoms with Crippen LogP contribution in [0.25, 0.3) is 10.2 Å². The van der Waals surface area contributed by atoms with E-state index in [1.807, 2.05) is 25.1 Å². The first-order valence-electron chi connectivity index (χ1n) is 13.2. The van der Waals surface area contributed by atoms with Crippen molar-refractivity contribution in [3.05, 3.63) is 84.8 Å². The minimum absolute atomic E-state index is 0.0804. The number of aromatic nitrogens is 2. The van der Waals surface area contributed by atoms with Crippen molar-refractivity contribution in [2.24, 2.45) is 0 Å². The van der Waals surface area contributed by atoms with Gasteiger partial charge in [0.1, 0.15) is 11.2 Å². The Kier molecular flexibility index (Phi) is 8.75. The van der Waals surface area contributed by atoms with E-state index in [0.717, 1.165) is 11.1 Å². The molecule has 0 saturated carbocycles. The van der Waals surface area contributed by atoms with E-state index in [1.165, 1.54) is 20.5 Å². The number of benzene rings is 2. The summed E-state index contributed by atoms with van der Waals surface area (Å²) in [6.07, 6.45) is 2.13. The van der Waals surface area contributed by atoms with Crippen LogP contribution in [0.1, 0.15) is 36.8 Å². The van der Waals surface area contributed by atoms with Crippen molar-refractivity contribution in [3.63, 3.8) is 0 Å². The van der Waals surface area contributed by atoms with E-state index in [9.17, 15) is 19.2 Å². The molecule has 2 aromatic carbocycles. The normalized spacial score (nSPS) is 12.0. The molecule has 5 rings (SSSR count). The number of carbonyl (C=O) groups is 2. The van der Waals surface area contributed by atoms with Crippen molar-refractivity contribution < 1.29 is 19.1 Å². The van der Waals surface area contributed by atoms with Gasteiger partial charge in [-0.05, 0) is 66.6 Å². The number of nitrogens with zero attached hydrogens (tertiary/aromatic N) is 2. The lowest BCUT2D eigenvalue weighted by molar-refractivity contribution is -0.121. The van der Waals surface area contributed by atoms with Gasteiger partial charge in [0, 0.05) is 30.2 Å². The second kappa shape index (κ2) is 12.6. The number of anilines is 1. The van der Waals surface area contributed by atoms with Crippen molar-refractivity contribution in [1.29, 1.82) is 0 Å². The van der Waals surface area contributed by atoms with Gasteiger partial charge < -0.3 is 20.1 Å². The zero-order valence-electron chi connectivity index (χ0n) is 22.4. The number of rotatable bonds is 11. The fourth-order valence-electron chi connectivity index (χ4n) is 4.62. The lowest BCUT2D eigenvalue weighted by Gasteiger charge is -2.13. The molecule has 0 fully saturated rings. The summed E-state index contributed by atoms with van der Waals surface area (Å²) >= 11 is 7.29. The quantitative estimate of drug-likeness (QED) is 0.247. The summed E-state index contributed by atoms with van der Waals surface area (Å²) in [5.74, 6) is 0.883. The van der Waals surface area contributed by atoms with Gasteiger partial charge >= 0.3 is 5.69 Å². The van der Waals surface area contributed by atoms with E-state index in [2.05, 4.69) is 10.6 Å². The lowest BCUT2D eigenvalue weighted by Crippen LogP contribution is -2.41. The summed E-state index contributed by atoms with van der Waals surface area (Å²) in [7, 11) is 0. The van der Waals surface area contributed by atoms with Gasteiger partial charge in [-0.3, -0.25) is 23.5 Å². The van der Waals surface area contributed by atoms with E-state index >= 15 is 0 Å². The van der Waals surface area contributed by atoms with Crippen molar-refractivity contribution in [3.8, 4) is 11.5 Å². The molecule has 1 aliphatic heterocycles. The smallest absolute Gasteiger partial charge is 0.332 e. The molecule has 0 saturated heterocycles. The maximum Gasteiger partial charge on any atom is 0.332 e. The molecule has 0 spiro atoms. The van der Waals surface area contributed by atoms with Crippen LogP contribution in [-0.2, 0) is 29.2 Å². The first-order valence-corrected chi connectivity index (χ1v) is 14.5. The number of amides is 2. The SMILES string of the molecule is Cc1ccc(Cl)cc1NC(=O)Cn1c(=O)n(CCCCCC(=O)NCc2ccc3c(c2)OCO3)c(=O)c2sccc21. The third kappa shape index (κ3) is 6.63. The molecule has 0 bridgehead atoms. The van der Waals surface area contributed by atoms with Gasteiger partial charge in [-0.2, -0.15) is 0 Å². The first-order chi connectivity index (χ1) is 19.8. The third-order valence-corrected chi connectivity index (χ3v) is 7.95. The van der Waals surface area contributed by atoms with E-state index in [4.69, 9.17) is 21.1 Å². The monoisotopic (exact) mass is 596 g/mol. The third-order valence-electron chi connectivity index (χ3n) is 6.82. The Hall–Kier alpha value is -4.09. The van der Waals surface area contributed by atoms with E-state index in [-0.39, 0.29) is 31.3 Å². The van der Waals surface area contributed by atoms with Crippen LogP contribution in [0.3, 0.4) is 0 Å². The number of ether oxygens (including phenoxy) is 2. The fourth-order valence-corrected chi connectivity index (χ4v) is 5.63. The number of carbonyl (C=O) groups excluding carboxylic acids is 2. The zero-order valence-corrected chi connectivity index (χ0v) is 24.0. The maximum absolute atomic E-state index is 13.3. The highest BCUT2D eigenvalue weighted by atomic mass is 35.5. The van der Waals surface area contributed by atoms with Crippen molar-refractivity contribution in [2.75, 3.05) is 12.1 Å². The number of hydrogen-bond donors (Lipinski definition) is 2. The number of halogens is 1. The molecule has 0 aliphatic carbocycles. The van der Waals surface area contributed by atoms with E-state index in [1.54, 1.807) is 29.6 Å². The number of thiophene rings is 1. The molecular weight excluding hydrogens is 568 g/mol. The van der Waals surface area contributed by atoms with Gasteiger partial charge in [-0.25, -0.2) is 4.79 Å². The van der Waals surface area contributed by atoms with Gasteiger partial charge in [-0.1, -0.05) is 30.2 Å². The van der Waals surface area contributed by atoms with E-state index in [0.29, 0.717) is 64.7 Å². The van der Waals surface area contributed by atoms with Gasteiger partial charge in [0.05, 0.1) is 5.52 Å². The highest BCUT2D eigenvalue weighted by Gasteiger charge is 2.17. The molecule has 0 radical (unpaired) electrons. The molecule has 10 nitrogen and oxygen atoms in total. The molecule has 4 aromatic rings. The Balaban J connectivity index is 1.16. The van der Waals surface area contributed by atoms with Gasteiger partial charge in [-0.15, -0.1) is 11.3 Å². The minimum Gasteiger partial charge on any atom is -0.454 e. The Morgan fingerprint density at radius 2 is 1.80 bits per heavy atom. The Bertz CT molecular complexity index is 1730. The van der Waals surface area contributed by atoms with Crippen LogP contribution >= 0.6 is 22.9 Å². The predicted molar refractivity (Wildman–Crippen MR) is 158 cm³/mol. The first kappa shape index (κ1) is 28.4. The average molecular weight is 597 g/mol. The highest BCUT2D eigenvalue weighted by molar-refractivity contribution is 7.17.